The van der Waals surface area contributed by atoms with Crippen molar-refractivity contribution in [2.45, 2.75) is 58.2 Å². The Morgan fingerprint density at radius 3 is 2.80 bits per heavy atom. The number of rotatable bonds is 5. The Morgan fingerprint density at radius 2 is 2.20 bits per heavy atom. The molecule has 0 aliphatic carbocycles. The van der Waals surface area contributed by atoms with Crippen LogP contribution in [0.1, 0.15) is 47.0 Å². The van der Waals surface area contributed by atoms with Gasteiger partial charge in [-0.2, -0.15) is 0 Å². The van der Waals surface area contributed by atoms with E-state index in [1.165, 1.54) is 24.4 Å². The van der Waals surface area contributed by atoms with Crippen LogP contribution in [-0.4, -0.2) is 23.0 Å². The minimum absolute atomic E-state index is 0.543. The van der Waals surface area contributed by atoms with Crippen LogP contribution in [0, 0.1) is 5.92 Å². The van der Waals surface area contributed by atoms with Gasteiger partial charge in [0.15, 0.2) is 5.17 Å². The Balaban J connectivity index is 2.29. The van der Waals surface area contributed by atoms with Crippen molar-refractivity contribution >= 4 is 16.9 Å². The number of nitrogens with one attached hydrogen (secondary N) is 1. The molecule has 3 unspecified atom stereocenters. The summed E-state index contributed by atoms with van der Waals surface area (Å²) in [5.74, 6) is 0.721. The summed E-state index contributed by atoms with van der Waals surface area (Å²) >= 11 is 1.93. The normalized spacial score (nSPS) is 24.8. The highest BCUT2D eigenvalue weighted by Gasteiger charge is 2.20. The standard InChI is InChI=1S/C12H24N2S/c1-5-7-11-8-13-12(15-11)14-10(4)9(3)6-2/h9-11H,5-8H2,1-4H3,(H,13,14). The third-order valence-corrected chi connectivity index (χ3v) is 4.36. The maximum absolute atomic E-state index is 4.56. The maximum Gasteiger partial charge on any atom is 0.157 e. The van der Waals surface area contributed by atoms with Crippen LogP contribution in [0.5, 0.6) is 0 Å². The molecule has 0 fully saturated rings. The first-order valence-corrected chi connectivity index (χ1v) is 7.02. The maximum atomic E-state index is 4.56. The summed E-state index contributed by atoms with van der Waals surface area (Å²) in [5.41, 5.74) is 0. The first-order valence-electron chi connectivity index (χ1n) is 6.15. The molecule has 0 aromatic heterocycles. The molecule has 0 bridgehead atoms. The average Bonchev–Trinajstić information content (AvgIpc) is 2.65. The number of hydrogen-bond acceptors (Lipinski definition) is 3. The number of amidine groups is 1. The van der Waals surface area contributed by atoms with Gasteiger partial charge in [0.25, 0.3) is 0 Å². The van der Waals surface area contributed by atoms with Crippen LogP contribution in [0.15, 0.2) is 4.99 Å². The first kappa shape index (κ1) is 12.9. The summed E-state index contributed by atoms with van der Waals surface area (Å²) in [4.78, 5) is 4.56. The van der Waals surface area contributed by atoms with Gasteiger partial charge in [-0.15, -0.1) is 0 Å². The smallest absolute Gasteiger partial charge is 0.157 e. The molecule has 2 nitrogen and oxygen atoms in total. The number of aliphatic imine (C=N–C) groups is 1. The van der Waals surface area contributed by atoms with Crippen molar-refractivity contribution in [1.29, 1.82) is 0 Å². The SMILES string of the molecule is CCCC1CN=C(NC(C)C(C)CC)S1. The van der Waals surface area contributed by atoms with E-state index < -0.39 is 0 Å². The summed E-state index contributed by atoms with van der Waals surface area (Å²) in [7, 11) is 0. The fourth-order valence-electron chi connectivity index (χ4n) is 1.66. The minimum Gasteiger partial charge on any atom is -0.362 e. The highest BCUT2D eigenvalue weighted by molar-refractivity contribution is 8.14. The topological polar surface area (TPSA) is 24.4 Å². The summed E-state index contributed by atoms with van der Waals surface area (Å²) in [6.45, 7) is 10.0. The second kappa shape index (κ2) is 6.41. The highest BCUT2D eigenvalue weighted by Crippen LogP contribution is 2.24. The number of nitrogens with zero attached hydrogens (tertiary/aromatic N) is 1. The molecular weight excluding hydrogens is 204 g/mol. The lowest BCUT2D eigenvalue weighted by Gasteiger charge is -2.20. The molecule has 3 heteroatoms. The van der Waals surface area contributed by atoms with Gasteiger partial charge in [-0.1, -0.05) is 45.4 Å². The molecule has 1 aliphatic heterocycles. The van der Waals surface area contributed by atoms with Gasteiger partial charge in [-0.05, 0) is 19.3 Å². The molecule has 1 N–H and O–H groups in total. The molecule has 0 aromatic carbocycles. The van der Waals surface area contributed by atoms with E-state index in [9.17, 15) is 0 Å². The Morgan fingerprint density at radius 1 is 1.47 bits per heavy atom. The Bertz CT molecular complexity index is 216. The van der Waals surface area contributed by atoms with Crippen LogP contribution in [-0.2, 0) is 0 Å². The van der Waals surface area contributed by atoms with E-state index in [0.717, 1.165) is 17.7 Å². The van der Waals surface area contributed by atoms with E-state index >= 15 is 0 Å². The van der Waals surface area contributed by atoms with Gasteiger partial charge in [-0.3, -0.25) is 4.99 Å². The second-order valence-corrected chi connectivity index (χ2v) is 5.78. The number of hydrogen-bond donors (Lipinski definition) is 1. The predicted octanol–water partition coefficient (Wildman–Crippen LogP) is 3.28. The molecule has 0 amide bonds. The highest BCUT2D eigenvalue weighted by atomic mass is 32.2. The van der Waals surface area contributed by atoms with Gasteiger partial charge < -0.3 is 5.32 Å². The lowest BCUT2D eigenvalue weighted by atomic mass is 10.0. The van der Waals surface area contributed by atoms with Gasteiger partial charge in [0.1, 0.15) is 0 Å². The molecule has 3 atom stereocenters. The molecule has 1 heterocycles. The van der Waals surface area contributed by atoms with Crippen molar-refractivity contribution in [2.24, 2.45) is 10.9 Å². The molecule has 15 heavy (non-hydrogen) atoms. The molecule has 0 saturated heterocycles. The molecule has 0 spiro atoms. The fourth-order valence-corrected chi connectivity index (χ4v) is 2.88. The van der Waals surface area contributed by atoms with Gasteiger partial charge in [-0.25, -0.2) is 0 Å². The zero-order chi connectivity index (χ0) is 11.3. The van der Waals surface area contributed by atoms with Crippen molar-refractivity contribution in [2.75, 3.05) is 6.54 Å². The van der Waals surface area contributed by atoms with Crippen molar-refractivity contribution in [3.05, 3.63) is 0 Å². The van der Waals surface area contributed by atoms with Crippen LogP contribution in [0.3, 0.4) is 0 Å². The molecule has 1 rings (SSSR count). The monoisotopic (exact) mass is 228 g/mol. The van der Waals surface area contributed by atoms with Crippen molar-refractivity contribution in [1.82, 2.24) is 5.32 Å². The van der Waals surface area contributed by atoms with Gasteiger partial charge in [0, 0.05) is 11.3 Å². The Labute approximate surface area is 98.3 Å². The van der Waals surface area contributed by atoms with Gasteiger partial charge in [0.2, 0.25) is 0 Å². The lowest BCUT2D eigenvalue weighted by molar-refractivity contribution is 0.439. The second-order valence-electron chi connectivity index (χ2n) is 4.49. The van der Waals surface area contributed by atoms with E-state index in [0.29, 0.717) is 6.04 Å². The third kappa shape index (κ3) is 4.06. The third-order valence-electron chi connectivity index (χ3n) is 3.18. The Hall–Kier alpha value is -0.180. The van der Waals surface area contributed by atoms with Crippen LogP contribution in [0.4, 0.5) is 0 Å². The van der Waals surface area contributed by atoms with Gasteiger partial charge >= 0.3 is 0 Å². The summed E-state index contributed by atoms with van der Waals surface area (Å²) in [5, 5.41) is 5.42. The zero-order valence-corrected chi connectivity index (χ0v) is 11.2. The van der Waals surface area contributed by atoms with Crippen LogP contribution in [0.2, 0.25) is 0 Å². The summed E-state index contributed by atoms with van der Waals surface area (Å²) in [6, 6.07) is 0.543. The van der Waals surface area contributed by atoms with Crippen LogP contribution in [0.25, 0.3) is 0 Å². The lowest BCUT2D eigenvalue weighted by Crippen LogP contribution is -2.34. The predicted molar refractivity (Wildman–Crippen MR) is 70.6 cm³/mol. The average molecular weight is 228 g/mol. The molecule has 88 valence electrons. The Kier molecular flexibility index (Phi) is 5.51. The van der Waals surface area contributed by atoms with E-state index in [1.54, 1.807) is 0 Å². The number of thioether (sulfide) groups is 1. The quantitative estimate of drug-likeness (QED) is 0.781. The molecule has 0 saturated carbocycles. The molecule has 1 aliphatic rings. The largest absolute Gasteiger partial charge is 0.362 e. The van der Waals surface area contributed by atoms with Crippen molar-refractivity contribution in [3.8, 4) is 0 Å². The van der Waals surface area contributed by atoms with E-state index in [2.05, 4.69) is 38.0 Å². The van der Waals surface area contributed by atoms with E-state index in [4.69, 9.17) is 0 Å². The van der Waals surface area contributed by atoms with Crippen LogP contribution >= 0.6 is 11.8 Å². The van der Waals surface area contributed by atoms with Crippen LogP contribution < -0.4 is 5.32 Å². The summed E-state index contributed by atoms with van der Waals surface area (Å²) < 4.78 is 0. The molecule has 0 radical (unpaired) electrons. The van der Waals surface area contributed by atoms with E-state index in [1.807, 2.05) is 11.8 Å². The molecule has 0 aromatic rings. The zero-order valence-electron chi connectivity index (χ0n) is 10.4. The van der Waals surface area contributed by atoms with Gasteiger partial charge in [0.05, 0.1) is 6.54 Å². The first-order chi connectivity index (χ1) is 7.17. The fraction of sp³-hybridized carbons (Fsp3) is 0.917. The minimum atomic E-state index is 0.543. The van der Waals surface area contributed by atoms with Crippen molar-refractivity contribution < 1.29 is 0 Å². The van der Waals surface area contributed by atoms with Crippen molar-refractivity contribution in [3.63, 3.8) is 0 Å². The molecular formula is C12H24N2S. The van der Waals surface area contributed by atoms with E-state index in [-0.39, 0.29) is 0 Å². The summed E-state index contributed by atoms with van der Waals surface area (Å²) in [6.07, 6.45) is 3.78.